The minimum absolute atomic E-state index is 0.435. The fourth-order valence-electron chi connectivity index (χ4n) is 3.32. The lowest BCUT2D eigenvalue weighted by Gasteiger charge is -2.33. The van der Waals surface area contributed by atoms with Gasteiger partial charge in [-0.3, -0.25) is 0 Å². The molecule has 0 radical (unpaired) electrons. The third-order valence-corrected chi connectivity index (χ3v) is 6.66. The van der Waals surface area contributed by atoms with Crippen LogP contribution in [-0.2, 0) is 0 Å². The van der Waals surface area contributed by atoms with E-state index in [1.54, 1.807) is 9.80 Å². The Morgan fingerprint density at radius 2 is 2.04 bits per heavy atom. The molecule has 1 fully saturated rings. The predicted molar refractivity (Wildman–Crippen MR) is 115 cm³/mol. The van der Waals surface area contributed by atoms with E-state index in [9.17, 15) is 0 Å². The summed E-state index contributed by atoms with van der Waals surface area (Å²) in [5, 5.41) is 10.2. The van der Waals surface area contributed by atoms with Gasteiger partial charge in [0.2, 0.25) is 0 Å². The Morgan fingerprint density at radius 3 is 2.69 bits per heavy atom. The average molecular weight is 411 g/mol. The van der Waals surface area contributed by atoms with Crippen molar-refractivity contribution >= 4 is 46.0 Å². The minimum Gasteiger partial charge on any atom is -0.356 e. The maximum Gasteiger partial charge on any atom is 0.171 e. The second kappa shape index (κ2) is 9.15. The van der Waals surface area contributed by atoms with Gasteiger partial charge in [0.15, 0.2) is 5.11 Å². The number of halogens is 1. The molecule has 0 saturated carbocycles. The maximum absolute atomic E-state index is 6.20. The number of nitrogens with one attached hydrogen (secondary N) is 4. The molecule has 4 N–H and O–H groups in total. The first-order chi connectivity index (χ1) is 12.5. The molecule has 1 aliphatic heterocycles. The van der Waals surface area contributed by atoms with Crippen molar-refractivity contribution in [3.05, 3.63) is 51.2 Å². The first-order valence-corrected chi connectivity index (χ1v) is 10.7. The van der Waals surface area contributed by atoms with Gasteiger partial charge in [-0.1, -0.05) is 23.7 Å². The zero-order valence-corrected chi connectivity index (χ0v) is 17.7. The Balaban J connectivity index is 1.60. The average Bonchev–Trinajstić information content (AvgIpc) is 3.14. The van der Waals surface area contributed by atoms with Gasteiger partial charge < -0.3 is 20.4 Å². The molecule has 0 aliphatic carbocycles. The fraction of sp³-hybridized carbons (Fsp3) is 0.421. The Bertz CT molecular complexity index is 727. The molecule has 0 unspecified atom stereocenters. The first-order valence-electron chi connectivity index (χ1n) is 9.03. The molecule has 1 saturated heterocycles. The summed E-state index contributed by atoms with van der Waals surface area (Å²) < 4.78 is 0. The standard InChI is InChI=1S/C19H25ClN4S2/c1-14-5-6-15(12-16(14)20)22-19(25)21-13-17(18-4-3-11-26-18)24-9-7-23(2)8-10-24/h3-6,11-12,17H,7-10,13H2,1-2H3,(H2,21,22,25)/p+2/t17-/m0/s1. The summed E-state index contributed by atoms with van der Waals surface area (Å²) in [6.07, 6.45) is 0. The van der Waals surface area contributed by atoms with Crippen molar-refractivity contribution in [1.29, 1.82) is 0 Å². The third-order valence-electron chi connectivity index (χ3n) is 5.02. The monoisotopic (exact) mass is 410 g/mol. The molecule has 2 heterocycles. The van der Waals surface area contributed by atoms with E-state index in [1.807, 2.05) is 36.5 Å². The summed E-state index contributed by atoms with van der Waals surface area (Å²) >= 11 is 13.5. The second-order valence-electron chi connectivity index (χ2n) is 6.98. The third kappa shape index (κ3) is 5.18. The van der Waals surface area contributed by atoms with E-state index < -0.39 is 0 Å². The van der Waals surface area contributed by atoms with E-state index in [0.717, 1.165) is 22.8 Å². The number of piperazine rings is 1. The molecular formula is C19H27ClN4S2+2. The fourth-order valence-corrected chi connectivity index (χ4v) is 4.59. The number of hydrogen-bond donors (Lipinski definition) is 4. The van der Waals surface area contributed by atoms with Gasteiger partial charge in [-0.05, 0) is 48.3 Å². The van der Waals surface area contributed by atoms with Gasteiger partial charge in [0, 0.05) is 10.7 Å². The zero-order valence-electron chi connectivity index (χ0n) is 15.3. The number of thiophene rings is 1. The van der Waals surface area contributed by atoms with Crippen molar-refractivity contribution in [2.75, 3.05) is 45.1 Å². The highest BCUT2D eigenvalue weighted by molar-refractivity contribution is 7.80. The number of hydrogen-bond acceptors (Lipinski definition) is 2. The molecule has 0 spiro atoms. The maximum atomic E-state index is 6.20. The van der Waals surface area contributed by atoms with Crippen LogP contribution < -0.4 is 20.4 Å². The van der Waals surface area contributed by atoms with Crippen molar-refractivity contribution in [3.63, 3.8) is 0 Å². The molecule has 3 rings (SSSR count). The van der Waals surface area contributed by atoms with Gasteiger partial charge in [-0.15, -0.1) is 11.3 Å². The number of likely N-dealkylation sites (N-methyl/N-ethyl adjacent to an activating group) is 1. The van der Waals surface area contributed by atoms with Gasteiger partial charge in [0.25, 0.3) is 0 Å². The molecule has 1 aromatic heterocycles. The lowest BCUT2D eigenvalue weighted by atomic mass is 10.1. The Morgan fingerprint density at radius 1 is 1.27 bits per heavy atom. The molecule has 1 atom stereocenters. The summed E-state index contributed by atoms with van der Waals surface area (Å²) in [5.74, 6) is 0. The highest BCUT2D eigenvalue weighted by Gasteiger charge is 2.29. The van der Waals surface area contributed by atoms with Crippen molar-refractivity contribution < 1.29 is 9.80 Å². The lowest BCUT2D eigenvalue weighted by molar-refractivity contribution is -1.02. The quantitative estimate of drug-likeness (QED) is 0.558. The van der Waals surface area contributed by atoms with E-state index in [0.29, 0.717) is 11.2 Å². The summed E-state index contributed by atoms with van der Waals surface area (Å²) in [6, 6.07) is 10.7. The van der Waals surface area contributed by atoms with E-state index in [2.05, 4.69) is 35.2 Å². The van der Waals surface area contributed by atoms with E-state index >= 15 is 0 Å². The first kappa shape index (κ1) is 19.6. The van der Waals surface area contributed by atoms with Gasteiger partial charge >= 0.3 is 0 Å². The van der Waals surface area contributed by atoms with Gasteiger partial charge in [-0.25, -0.2) is 0 Å². The Labute approximate surface area is 170 Å². The molecule has 1 aromatic carbocycles. The highest BCUT2D eigenvalue weighted by atomic mass is 35.5. The zero-order chi connectivity index (χ0) is 18.5. The normalized spacial score (nSPS) is 21.2. The van der Waals surface area contributed by atoms with E-state index in [4.69, 9.17) is 23.8 Å². The number of rotatable bonds is 5. The van der Waals surface area contributed by atoms with Crippen molar-refractivity contribution in [1.82, 2.24) is 5.32 Å². The number of thiocarbonyl (C=S) groups is 1. The molecule has 0 bridgehead atoms. The Hall–Kier alpha value is -1.18. The van der Waals surface area contributed by atoms with Crippen LogP contribution in [0.3, 0.4) is 0 Å². The molecule has 4 nitrogen and oxygen atoms in total. The number of quaternary nitrogens is 2. The van der Waals surface area contributed by atoms with Gasteiger partial charge in [0.05, 0.1) is 18.5 Å². The van der Waals surface area contributed by atoms with Crippen molar-refractivity contribution in [2.24, 2.45) is 0 Å². The summed E-state index contributed by atoms with van der Waals surface area (Å²) in [6.45, 7) is 7.67. The number of anilines is 1. The summed E-state index contributed by atoms with van der Waals surface area (Å²) in [5.41, 5.74) is 1.98. The predicted octanol–water partition coefficient (Wildman–Crippen LogP) is 1.15. The van der Waals surface area contributed by atoms with Crippen LogP contribution in [0.15, 0.2) is 35.7 Å². The molecular weight excluding hydrogens is 384 g/mol. The number of benzene rings is 1. The molecule has 2 aromatic rings. The molecule has 1 aliphatic rings. The van der Waals surface area contributed by atoms with E-state index in [-0.39, 0.29) is 0 Å². The van der Waals surface area contributed by atoms with Gasteiger partial charge in [-0.2, -0.15) is 0 Å². The minimum atomic E-state index is 0.435. The Kier molecular flexibility index (Phi) is 6.89. The largest absolute Gasteiger partial charge is 0.356 e. The van der Waals surface area contributed by atoms with Crippen LogP contribution in [0.4, 0.5) is 5.69 Å². The summed E-state index contributed by atoms with van der Waals surface area (Å²) in [7, 11) is 2.28. The van der Waals surface area contributed by atoms with Crippen LogP contribution in [0.5, 0.6) is 0 Å². The van der Waals surface area contributed by atoms with Crippen molar-refractivity contribution in [3.8, 4) is 0 Å². The number of aryl methyl sites for hydroxylation is 1. The van der Waals surface area contributed by atoms with Crippen molar-refractivity contribution in [2.45, 2.75) is 13.0 Å². The smallest absolute Gasteiger partial charge is 0.171 e. The van der Waals surface area contributed by atoms with Crippen LogP contribution >= 0.6 is 35.2 Å². The van der Waals surface area contributed by atoms with Crippen LogP contribution in [0.2, 0.25) is 5.02 Å². The molecule has 140 valence electrons. The topological polar surface area (TPSA) is 32.9 Å². The molecule has 7 heteroatoms. The summed E-state index contributed by atoms with van der Waals surface area (Å²) in [4.78, 5) is 4.69. The van der Waals surface area contributed by atoms with Crippen LogP contribution in [-0.4, -0.2) is 44.9 Å². The lowest BCUT2D eigenvalue weighted by Crippen LogP contribution is -3.27. The van der Waals surface area contributed by atoms with Crippen LogP contribution in [0, 0.1) is 6.92 Å². The second-order valence-corrected chi connectivity index (χ2v) is 8.78. The SMILES string of the molecule is Cc1ccc(NC(=S)NC[C@@H](c2cccs2)[NH+]2CC[NH+](C)CC2)cc1Cl. The highest BCUT2D eigenvalue weighted by Crippen LogP contribution is 2.20. The van der Waals surface area contributed by atoms with Crippen LogP contribution in [0.1, 0.15) is 16.5 Å². The molecule has 26 heavy (non-hydrogen) atoms. The van der Waals surface area contributed by atoms with E-state index in [1.165, 1.54) is 31.1 Å². The van der Waals surface area contributed by atoms with Crippen LogP contribution in [0.25, 0.3) is 0 Å². The molecule has 0 amide bonds. The van der Waals surface area contributed by atoms with Gasteiger partial charge in [0.1, 0.15) is 32.2 Å².